The van der Waals surface area contributed by atoms with Crippen LogP contribution in [0.2, 0.25) is 0 Å². The highest BCUT2D eigenvalue weighted by Crippen LogP contribution is 2.29. The standard InChI is InChI=1S/C26H20BrN3O7/c1-12-6-18(27)4-5-21(12)30-23(32)20(22(31)28-26(30)37)11-15-7-13(2)29(14(15)3)19-9-16(24(33)34)8-17(10-19)25(35)36/h4-11H,1-3H3,(H,33,34)(H,35,36)(H,28,31,37)/b20-11+. The summed E-state index contributed by atoms with van der Waals surface area (Å²) in [6.45, 7) is 5.12. The van der Waals surface area contributed by atoms with Crippen molar-refractivity contribution in [3.05, 3.63) is 86.2 Å². The molecule has 0 atom stereocenters. The molecule has 37 heavy (non-hydrogen) atoms. The normalized spacial score (nSPS) is 14.8. The number of carboxylic acid groups (broad SMARTS) is 2. The second-order valence-electron chi connectivity index (χ2n) is 8.43. The average Bonchev–Trinajstić information content (AvgIpc) is 3.10. The van der Waals surface area contributed by atoms with Crippen molar-refractivity contribution in [3.63, 3.8) is 0 Å². The summed E-state index contributed by atoms with van der Waals surface area (Å²) in [6.07, 6.45) is 1.35. The Morgan fingerprint density at radius 3 is 2.11 bits per heavy atom. The Morgan fingerprint density at radius 1 is 0.919 bits per heavy atom. The van der Waals surface area contributed by atoms with Gasteiger partial charge in [0.25, 0.3) is 11.8 Å². The van der Waals surface area contributed by atoms with Crippen LogP contribution >= 0.6 is 15.9 Å². The zero-order valence-corrected chi connectivity index (χ0v) is 21.4. The van der Waals surface area contributed by atoms with E-state index >= 15 is 0 Å². The fourth-order valence-corrected chi connectivity index (χ4v) is 4.70. The maximum absolute atomic E-state index is 13.3. The highest BCUT2D eigenvalue weighted by molar-refractivity contribution is 9.10. The topological polar surface area (TPSA) is 146 Å². The first-order valence-corrected chi connectivity index (χ1v) is 11.7. The minimum Gasteiger partial charge on any atom is -0.478 e. The molecule has 1 aliphatic heterocycles. The fraction of sp³-hybridized carbons (Fsp3) is 0.115. The van der Waals surface area contributed by atoms with Crippen LogP contribution in [0.3, 0.4) is 0 Å². The van der Waals surface area contributed by atoms with Gasteiger partial charge >= 0.3 is 18.0 Å². The zero-order valence-electron chi connectivity index (χ0n) is 19.8. The monoisotopic (exact) mass is 565 g/mol. The quantitative estimate of drug-likeness (QED) is 0.310. The first kappa shape index (κ1) is 25.6. The van der Waals surface area contributed by atoms with E-state index in [-0.39, 0.29) is 16.7 Å². The van der Waals surface area contributed by atoms with Gasteiger partial charge in [0.05, 0.1) is 16.8 Å². The van der Waals surface area contributed by atoms with Crippen LogP contribution in [0.25, 0.3) is 11.8 Å². The molecule has 0 spiro atoms. The molecule has 1 saturated heterocycles. The number of barbiturate groups is 1. The number of carboxylic acids is 2. The number of imide groups is 2. The summed E-state index contributed by atoms with van der Waals surface area (Å²) in [6, 6.07) is 9.53. The number of benzene rings is 2. The van der Waals surface area contributed by atoms with Crippen LogP contribution in [-0.2, 0) is 9.59 Å². The molecule has 11 heteroatoms. The van der Waals surface area contributed by atoms with Crippen LogP contribution in [0, 0.1) is 20.8 Å². The third kappa shape index (κ3) is 4.68. The number of amides is 4. The number of aromatic nitrogens is 1. The van der Waals surface area contributed by atoms with E-state index in [9.17, 15) is 34.2 Å². The lowest BCUT2D eigenvalue weighted by atomic mass is 10.1. The number of rotatable bonds is 5. The molecule has 4 rings (SSSR count). The van der Waals surface area contributed by atoms with E-state index in [1.165, 1.54) is 18.2 Å². The van der Waals surface area contributed by atoms with Crippen LogP contribution < -0.4 is 10.2 Å². The Balaban J connectivity index is 1.81. The number of hydrogen-bond donors (Lipinski definition) is 3. The smallest absolute Gasteiger partial charge is 0.335 e. The van der Waals surface area contributed by atoms with E-state index in [0.29, 0.717) is 33.9 Å². The van der Waals surface area contributed by atoms with Crippen LogP contribution in [-0.4, -0.2) is 44.6 Å². The molecule has 1 aromatic heterocycles. The van der Waals surface area contributed by atoms with Gasteiger partial charge in [-0.3, -0.25) is 14.9 Å². The minimum atomic E-state index is -1.29. The summed E-state index contributed by atoms with van der Waals surface area (Å²) >= 11 is 3.34. The highest BCUT2D eigenvalue weighted by Gasteiger charge is 2.37. The largest absolute Gasteiger partial charge is 0.478 e. The van der Waals surface area contributed by atoms with E-state index in [0.717, 1.165) is 15.4 Å². The van der Waals surface area contributed by atoms with Gasteiger partial charge in [-0.1, -0.05) is 15.9 Å². The molecule has 0 radical (unpaired) electrons. The van der Waals surface area contributed by atoms with Crippen molar-refractivity contribution in [1.29, 1.82) is 0 Å². The summed E-state index contributed by atoms with van der Waals surface area (Å²) in [7, 11) is 0. The molecule has 2 aromatic carbocycles. The first-order valence-electron chi connectivity index (χ1n) is 10.9. The van der Waals surface area contributed by atoms with E-state index in [1.807, 2.05) is 0 Å². The molecule has 0 unspecified atom stereocenters. The maximum Gasteiger partial charge on any atom is 0.335 e. The summed E-state index contributed by atoms with van der Waals surface area (Å²) in [5.74, 6) is -4.23. The number of halogens is 1. The van der Waals surface area contributed by atoms with Crippen molar-refractivity contribution >= 4 is 57.5 Å². The Bertz CT molecular complexity index is 1540. The molecule has 2 heterocycles. The Hall–Kier alpha value is -4.51. The minimum absolute atomic E-state index is 0.205. The summed E-state index contributed by atoms with van der Waals surface area (Å²) in [5.41, 5.74) is 2.14. The molecule has 3 aromatic rings. The van der Waals surface area contributed by atoms with Gasteiger partial charge in [0.15, 0.2) is 0 Å². The fourth-order valence-electron chi connectivity index (χ4n) is 4.22. The predicted molar refractivity (Wildman–Crippen MR) is 137 cm³/mol. The lowest BCUT2D eigenvalue weighted by Gasteiger charge is -2.27. The summed E-state index contributed by atoms with van der Waals surface area (Å²) in [5, 5.41) is 21.0. The van der Waals surface area contributed by atoms with Gasteiger partial charge in [-0.05, 0) is 80.4 Å². The number of anilines is 1. The first-order chi connectivity index (χ1) is 17.4. The van der Waals surface area contributed by atoms with Crippen molar-refractivity contribution in [2.45, 2.75) is 20.8 Å². The molecular weight excluding hydrogens is 546 g/mol. The van der Waals surface area contributed by atoms with Crippen molar-refractivity contribution in [3.8, 4) is 5.69 Å². The molecule has 188 valence electrons. The SMILES string of the molecule is Cc1cc(Br)ccc1N1C(=O)NC(=O)/C(=C\c2cc(C)n(-c3cc(C(=O)O)cc(C(=O)O)c3)c2C)C1=O. The van der Waals surface area contributed by atoms with Gasteiger partial charge in [0, 0.05) is 21.5 Å². The molecule has 3 N–H and O–H groups in total. The molecule has 0 aliphatic carbocycles. The molecule has 1 fully saturated rings. The number of carbonyl (C=O) groups is 5. The average molecular weight is 566 g/mol. The maximum atomic E-state index is 13.3. The molecule has 0 bridgehead atoms. The van der Waals surface area contributed by atoms with Crippen molar-refractivity contribution in [2.24, 2.45) is 0 Å². The van der Waals surface area contributed by atoms with Crippen molar-refractivity contribution in [2.75, 3.05) is 4.90 Å². The van der Waals surface area contributed by atoms with Crippen LogP contribution in [0.4, 0.5) is 10.5 Å². The third-order valence-corrected chi connectivity index (χ3v) is 6.43. The van der Waals surface area contributed by atoms with Crippen molar-refractivity contribution in [1.82, 2.24) is 9.88 Å². The predicted octanol–water partition coefficient (Wildman–Crippen LogP) is 4.23. The Labute approximate surface area is 218 Å². The van der Waals surface area contributed by atoms with Crippen molar-refractivity contribution < 1.29 is 34.2 Å². The van der Waals surface area contributed by atoms with Crippen LogP contribution in [0.1, 0.15) is 43.2 Å². The second kappa shape index (κ2) is 9.51. The van der Waals surface area contributed by atoms with Gasteiger partial charge in [0.1, 0.15) is 5.57 Å². The van der Waals surface area contributed by atoms with Gasteiger partial charge in [-0.25, -0.2) is 19.3 Å². The molecule has 4 amide bonds. The molecule has 1 aliphatic rings. The van der Waals surface area contributed by atoms with Crippen LogP contribution in [0.15, 0.2) is 52.5 Å². The number of aromatic carboxylic acids is 2. The number of nitrogens with zero attached hydrogens (tertiary/aromatic N) is 2. The Morgan fingerprint density at radius 2 is 1.54 bits per heavy atom. The number of aryl methyl sites for hydroxylation is 2. The summed E-state index contributed by atoms with van der Waals surface area (Å²) < 4.78 is 2.38. The van der Waals surface area contributed by atoms with E-state index in [4.69, 9.17) is 0 Å². The van der Waals surface area contributed by atoms with Gasteiger partial charge < -0.3 is 14.8 Å². The Kier molecular flexibility index (Phi) is 6.57. The molecule has 0 saturated carbocycles. The number of nitrogens with one attached hydrogen (secondary N) is 1. The van der Waals surface area contributed by atoms with Gasteiger partial charge in [0.2, 0.25) is 0 Å². The third-order valence-electron chi connectivity index (χ3n) is 5.94. The molecular formula is C26H20BrN3O7. The van der Waals surface area contributed by atoms with Gasteiger partial charge in [-0.2, -0.15) is 0 Å². The van der Waals surface area contributed by atoms with Crippen LogP contribution in [0.5, 0.6) is 0 Å². The summed E-state index contributed by atoms with van der Waals surface area (Å²) in [4.78, 5) is 62.6. The highest BCUT2D eigenvalue weighted by atomic mass is 79.9. The zero-order chi connectivity index (χ0) is 27.2. The number of hydrogen-bond acceptors (Lipinski definition) is 5. The van der Waals surface area contributed by atoms with E-state index < -0.39 is 29.8 Å². The number of carbonyl (C=O) groups excluding carboxylic acids is 3. The second-order valence-corrected chi connectivity index (χ2v) is 9.35. The van der Waals surface area contributed by atoms with Gasteiger partial charge in [-0.15, -0.1) is 0 Å². The lowest BCUT2D eigenvalue weighted by Crippen LogP contribution is -2.54. The van der Waals surface area contributed by atoms with E-state index in [1.54, 1.807) is 49.6 Å². The lowest BCUT2D eigenvalue weighted by molar-refractivity contribution is -0.122. The number of urea groups is 1. The van der Waals surface area contributed by atoms with E-state index in [2.05, 4.69) is 21.2 Å². The molecule has 10 nitrogen and oxygen atoms in total.